The third-order valence-corrected chi connectivity index (χ3v) is 2.56. The van der Waals surface area contributed by atoms with Crippen LogP contribution >= 0.6 is 0 Å². The maximum Gasteiger partial charge on any atom is 0.383 e. The van der Waals surface area contributed by atoms with Gasteiger partial charge in [0, 0.05) is 0 Å². The Kier molecular flexibility index (Phi) is 8.17. The molecule has 0 aromatic heterocycles. The highest BCUT2D eigenvalue weighted by Crippen LogP contribution is 2.07. The van der Waals surface area contributed by atoms with Crippen molar-refractivity contribution in [2.24, 2.45) is 8.80 Å². The first-order valence-electron chi connectivity index (χ1n) is 5.54. The number of nitrogens with zero attached hydrogens (tertiary/aromatic N) is 2. The lowest BCUT2D eigenvalue weighted by molar-refractivity contribution is 0.0525. The zero-order chi connectivity index (χ0) is 16.3. The van der Waals surface area contributed by atoms with Crippen molar-refractivity contribution in [3.8, 4) is 0 Å². The molecular weight excluding hydrogens is 300 g/mol. The fraction of sp³-hybridized carbons (Fsp3) is 0.250. The molecule has 112 valence electrons. The molecule has 0 radical (unpaired) electrons. The highest BCUT2D eigenvalue weighted by Gasteiger charge is 2.07. The van der Waals surface area contributed by atoms with Crippen LogP contribution in [-0.2, 0) is 24.5 Å². The fourth-order valence-electron chi connectivity index (χ4n) is 1.13. The van der Waals surface area contributed by atoms with Gasteiger partial charge in [-0.05, 0) is 25.5 Å². The third kappa shape index (κ3) is 7.54. The molecule has 0 amide bonds. The normalized spacial score (nSPS) is 9.24. The van der Waals surface area contributed by atoms with Gasteiger partial charge in [-0.3, -0.25) is 0 Å². The first-order valence-corrected chi connectivity index (χ1v) is 6.93. The first kappa shape index (κ1) is 18.4. The van der Waals surface area contributed by atoms with Crippen LogP contribution in [0.1, 0.15) is 22.8 Å². The molecular formula is C12H12N2O6S. The second-order valence-corrected chi connectivity index (χ2v) is 4.61. The Labute approximate surface area is 121 Å². The molecule has 0 atom stereocenters. The maximum absolute atomic E-state index is 11.2. The number of carbonyl (C=O) groups is 1. The predicted molar refractivity (Wildman–Crippen MR) is 72.3 cm³/mol. The van der Waals surface area contributed by atoms with Gasteiger partial charge in [-0.2, -0.15) is 8.42 Å². The Morgan fingerprint density at radius 3 is 2.14 bits per heavy atom. The Morgan fingerprint density at radius 1 is 1.19 bits per heavy atom. The SMILES string of the molecule is CCOC(=O)c1ccccc1C.O=C=NS(=O)(=O)N=C=O. The van der Waals surface area contributed by atoms with Crippen LogP contribution in [-0.4, -0.2) is 33.2 Å². The summed E-state index contributed by atoms with van der Waals surface area (Å²) >= 11 is 0. The lowest BCUT2D eigenvalue weighted by atomic mass is 10.1. The molecule has 1 aromatic rings. The summed E-state index contributed by atoms with van der Waals surface area (Å²) in [5, 5.41) is 0. The van der Waals surface area contributed by atoms with Gasteiger partial charge in [-0.25, -0.2) is 14.4 Å². The number of esters is 1. The molecule has 21 heavy (non-hydrogen) atoms. The highest BCUT2D eigenvalue weighted by molar-refractivity contribution is 7.89. The van der Waals surface area contributed by atoms with Crippen molar-refractivity contribution in [1.82, 2.24) is 0 Å². The zero-order valence-corrected chi connectivity index (χ0v) is 12.1. The minimum Gasteiger partial charge on any atom is -0.462 e. The van der Waals surface area contributed by atoms with Gasteiger partial charge in [0.05, 0.1) is 12.2 Å². The second kappa shape index (κ2) is 9.33. The number of aryl methyl sites for hydroxylation is 1. The smallest absolute Gasteiger partial charge is 0.383 e. The van der Waals surface area contributed by atoms with Gasteiger partial charge in [-0.1, -0.05) is 27.0 Å². The van der Waals surface area contributed by atoms with E-state index < -0.39 is 10.2 Å². The van der Waals surface area contributed by atoms with Crippen molar-refractivity contribution in [1.29, 1.82) is 0 Å². The number of ether oxygens (including phenoxy) is 1. The van der Waals surface area contributed by atoms with Crippen molar-refractivity contribution in [3.63, 3.8) is 0 Å². The number of isocyanates is 2. The van der Waals surface area contributed by atoms with Crippen LogP contribution in [0.4, 0.5) is 0 Å². The molecule has 8 nitrogen and oxygen atoms in total. The average Bonchev–Trinajstić information content (AvgIpc) is 2.40. The number of benzene rings is 1. The third-order valence-electron chi connectivity index (χ3n) is 1.95. The van der Waals surface area contributed by atoms with Crippen LogP contribution in [0.2, 0.25) is 0 Å². The molecule has 0 saturated heterocycles. The summed E-state index contributed by atoms with van der Waals surface area (Å²) in [6, 6.07) is 7.40. The van der Waals surface area contributed by atoms with Crippen LogP contribution in [0, 0.1) is 6.92 Å². The van der Waals surface area contributed by atoms with Crippen LogP contribution < -0.4 is 0 Å². The van der Waals surface area contributed by atoms with E-state index in [2.05, 4.69) is 8.80 Å². The van der Waals surface area contributed by atoms with E-state index in [1.807, 2.05) is 25.1 Å². The maximum atomic E-state index is 11.2. The monoisotopic (exact) mass is 312 g/mol. The van der Waals surface area contributed by atoms with E-state index in [4.69, 9.17) is 4.74 Å². The van der Waals surface area contributed by atoms with E-state index in [9.17, 15) is 22.8 Å². The van der Waals surface area contributed by atoms with Crippen molar-refractivity contribution >= 4 is 28.3 Å². The topological polar surface area (TPSA) is 119 Å². The molecule has 0 bridgehead atoms. The van der Waals surface area contributed by atoms with Crippen LogP contribution in [0.3, 0.4) is 0 Å². The Morgan fingerprint density at radius 2 is 1.71 bits per heavy atom. The van der Waals surface area contributed by atoms with Crippen molar-refractivity contribution < 1.29 is 27.5 Å². The van der Waals surface area contributed by atoms with Crippen molar-refractivity contribution in [3.05, 3.63) is 35.4 Å². The molecule has 0 heterocycles. The number of carbonyl (C=O) groups excluding carboxylic acids is 3. The number of hydrogen-bond donors (Lipinski definition) is 0. The minimum atomic E-state index is -4.28. The summed E-state index contributed by atoms with van der Waals surface area (Å²) < 4.78 is 29.2. The van der Waals surface area contributed by atoms with Gasteiger partial charge in [0.15, 0.2) is 0 Å². The lowest BCUT2D eigenvalue weighted by Crippen LogP contribution is -2.05. The van der Waals surface area contributed by atoms with Gasteiger partial charge in [0.1, 0.15) is 0 Å². The lowest BCUT2D eigenvalue weighted by Gasteiger charge is -2.03. The predicted octanol–water partition coefficient (Wildman–Crippen LogP) is 1.07. The Bertz CT molecular complexity index is 661. The quantitative estimate of drug-likeness (QED) is 0.466. The van der Waals surface area contributed by atoms with Crippen molar-refractivity contribution in [2.75, 3.05) is 6.61 Å². The molecule has 1 aromatic carbocycles. The summed E-state index contributed by atoms with van der Waals surface area (Å²) in [7, 11) is -4.28. The minimum absolute atomic E-state index is 0.240. The Balaban J connectivity index is 0.000000400. The fourth-order valence-corrected chi connectivity index (χ4v) is 1.35. The van der Waals surface area contributed by atoms with E-state index in [1.165, 1.54) is 0 Å². The molecule has 0 aliphatic rings. The van der Waals surface area contributed by atoms with Crippen LogP contribution in [0.15, 0.2) is 33.1 Å². The van der Waals surface area contributed by atoms with E-state index >= 15 is 0 Å². The largest absolute Gasteiger partial charge is 0.462 e. The summed E-state index contributed by atoms with van der Waals surface area (Å²) in [5.41, 5.74) is 1.61. The van der Waals surface area contributed by atoms with E-state index in [0.717, 1.165) is 5.56 Å². The molecule has 0 spiro atoms. The van der Waals surface area contributed by atoms with E-state index in [0.29, 0.717) is 24.3 Å². The van der Waals surface area contributed by atoms with E-state index in [1.54, 1.807) is 13.0 Å². The molecule has 0 N–H and O–H groups in total. The average molecular weight is 312 g/mol. The highest BCUT2D eigenvalue weighted by atomic mass is 32.2. The molecule has 0 aliphatic heterocycles. The summed E-state index contributed by atoms with van der Waals surface area (Å²) in [6.07, 6.45) is 1.41. The zero-order valence-electron chi connectivity index (χ0n) is 11.3. The van der Waals surface area contributed by atoms with Gasteiger partial charge < -0.3 is 4.74 Å². The molecule has 0 unspecified atom stereocenters. The second-order valence-electron chi connectivity index (χ2n) is 3.35. The molecule has 9 heteroatoms. The van der Waals surface area contributed by atoms with Gasteiger partial charge in [0.2, 0.25) is 0 Å². The van der Waals surface area contributed by atoms with Gasteiger partial charge in [-0.15, -0.1) is 0 Å². The summed E-state index contributed by atoms with van der Waals surface area (Å²) in [4.78, 5) is 29.7. The Hall–Kier alpha value is -2.60. The summed E-state index contributed by atoms with van der Waals surface area (Å²) in [6.45, 7) is 4.12. The molecule has 0 aliphatic carbocycles. The van der Waals surface area contributed by atoms with Crippen molar-refractivity contribution in [2.45, 2.75) is 13.8 Å². The molecule has 1 rings (SSSR count). The van der Waals surface area contributed by atoms with E-state index in [-0.39, 0.29) is 5.97 Å². The standard InChI is InChI=1S/C10H12O2.C2N2O4S/c1-3-12-10(11)9-7-5-4-6-8(9)2;5-1-3-9(7,8)4-2-6/h4-7H,3H2,1-2H3;. The van der Waals surface area contributed by atoms with Gasteiger partial charge in [0.25, 0.3) is 12.2 Å². The van der Waals surface area contributed by atoms with Crippen LogP contribution in [0.5, 0.6) is 0 Å². The van der Waals surface area contributed by atoms with Crippen LogP contribution in [0.25, 0.3) is 0 Å². The first-order chi connectivity index (χ1) is 9.87. The summed E-state index contributed by atoms with van der Waals surface area (Å²) in [5.74, 6) is -0.240. The number of hydrogen-bond acceptors (Lipinski definition) is 6. The number of rotatable bonds is 4. The van der Waals surface area contributed by atoms with Gasteiger partial charge >= 0.3 is 16.2 Å². The molecule has 0 saturated carbocycles. The molecule has 0 fully saturated rings.